The second-order valence-corrected chi connectivity index (χ2v) is 9.47. The number of anilines is 1. The maximum atomic E-state index is 13.6. The van der Waals surface area contributed by atoms with Crippen molar-refractivity contribution in [3.8, 4) is 5.75 Å². The molecule has 0 saturated carbocycles. The predicted molar refractivity (Wildman–Crippen MR) is 133 cm³/mol. The van der Waals surface area contributed by atoms with Gasteiger partial charge in [-0.3, -0.25) is 9.59 Å². The molecule has 0 spiro atoms. The van der Waals surface area contributed by atoms with Crippen molar-refractivity contribution in [2.24, 2.45) is 5.92 Å². The number of amides is 2. The lowest BCUT2D eigenvalue weighted by molar-refractivity contribution is -0.128. The first kappa shape index (κ1) is 23.2. The van der Waals surface area contributed by atoms with Gasteiger partial charge in [-0.05, 0) is 41.5 Å². The number of rotatable bonds is 7. The van der Waals surface area contributed by atoms with Gasteiger partial charge < -0.3 is 15.0 Å². The SMILES string of the molecule is COc1ccc(CNC(=O)[C@@H](C)[C@@H]2Sc3ccccc3N(Cc3ccccc3Cl)C2=O)cc1. The fraction of sp³-hybridized carbons (Fsp3) is 0.231. The van der Waals surface area contributed by atoms with Crippen LogP contribution in [0.15, 0.2) is 77.7 Å². The molecule has 1 N–H and O–H groups in total. The van der Waals surface area contributed by atoms with Crippen molar-refractivity contribution < 1.29 is 14.3 Å². The number of fused-ring (bicyclic) bond motifs is 1. The molecule has 170 valence electrons. The van der Waals surface area contributed by atoms with E-state index in [1.165, 1.54) is 11.8 Å². The van der Waals surface area contributed by atoms with Gasteiger partial charge in [0.1, 0.15) is 11.0 Å². The average Bonchev–Trinajstić information content (AvgIpc) is 2.85. The monoisotopic (exact) mass is 480 g/mol. The van der Waals surface area contributed by atoms with E-state index in [2.05, 4.69) is 5.32 Å². The first-order valence-electron chi connectivity index (χ1n) is 10.7. The van der Waals surface area contributed by atoms with Crippen molar-refractivity contribution in [2.75, 3.05) is 12.0 Å². The number of carbonyl (C=O) groups is 2. The molecule has 1 heterocycles. The van der Waals surface area contributed by atoms with E-state index in [9.17, 15) is 9.59 Å². The van der Waals surface area contributed by atoms with Gasteiger partial charge in [-0.25, -0.2) is 0 Å². The van der Waals surface area contributed by atoms with Crippen molar-refractivity contribution >= 4 is 40.9 Å². The van der Waals surface area contributed by atoms with Crippen LogP contribution in [0.4, 0.5) is 5.69 Å². The largest absolute Gasteiger partial charge is 0.497 e. The van der Waals surface area contributed by atoms with E-state index in [4.69, 9.17) is 16.3 Å². The molecule has 7 heteroatoms. The van der Waals surface area contributed by atoms with E-state index >= 15 is 0 Å². The normalized spacial score (nSPS) is 16.2. The lowest BCUT2D eigenvalue weighted by Crippen LogP contribution is -2.47. The molecule has 2 amide bonds. The molecule has 0 aromatic heterocycles. The molecular formula is C26H25ClN2O3S. The fourth-order valence-corrected chi connectivity index (χ4v) is 5.23. The lowest BCUT2D eigenvalue weighted by Gasteiger charge is -2.36. The quantitative estimate of drug-likeness (QED) is 0.498. The Hall–Kier alpha value is -2.96. The van der Waals surface area contributed by atoms with Crippen LogP contribution < -0.4 is 15.0 Å². The Bertz CT molecular complexity index is 1150. The van der Waals surface area contributed by atoms with Crippen molar-refractivity contribution in [1.82, 2.24) is 5.32 Å². The standard InChI is InChI=1S/C26H25ClN2O3S/c1-17(25(30)28-15-18-11-13-20(32-2)14-12-18)24-26(31)29(16-19-7-3-4-8-21(19)27)22-9-5-6-10-23(22)33-24/h3-14,17,24H,15-16H2,1-2H3,(H,28,30)/t17-,24-/m0/s1. The molecular weight excluding hydrogens is 456 g/mol. The first-order valence-corrected chi connectivity index (χ1v) is 11.9. The highest BCUT2D eigenvalue weighted by Crippen LogP contribution is 2.42. The minimum absolute atomic E-state index is 0.0919. The van der Waals surface area contributed by atoms with Gasteiger partial charge in [-0.2, -0.15) is 0 Å². The number of benzene rings is 3. The summed E-state index contributed by atoms with van der Waals surface area (Å²) in [6.07, 6.45) is 0. The Kier molecular flexibility index (Phi) is 7.26. The second-order valence-electron chi connectivity index (χ2n) is 7.88. The highest BCUT2D eigenvalue weighted by Gasteiger charge is 2.39. The van der Waals surface area contributed by atoms with Gasteiger partial charge in [-0.1, -0.05) is 61.0 Å². The zero-order chi connectivity index (χ0) is 23.4. The maximum Gasteiger partial charge on any atom is 0.241 e. The van der Waals surface area contributed by atoms with Gasteiger partial charge in [0.2, 0.25) is 11.8 Å². The van der Waals surface area contributed by atoms with Gasteiger partial charge in [0.25, 0.3) is 0 Å². The van der Waals surface area contributed by atoms with E-state index in [1.54, 1.807) is 18.9 Å². The van der Waals surface area contributed by atoms with Crippen molar-refractivity contribution in [1.29, 1.82) is 0 Å². The molecule has 0 saturated heterocycles. The van der Waals surface area contributed by atoms with Gasteiger partial charge in [0.05, 0.1) is 25.3 Å². The number of para-hydroxylation sites is 1. The van der Waals surface area contributed by atoms with Crippen molar-refractivity contribution in [2.45, 2.75) is 30.2 Å². The average molecular weight is 481 g/mol. The maximum absolute atomic E-state index is 13.6. The number of hydrogen-bond donors (Lipinski definition) is 1. The Morgan fingerprint density at radius 1 is 1.09 bits per heavy atom. The van der Waals surface area contributed by atoms with Gasteiger partial charge in [-0.15, -0.1) is 11.8 Å². The molecule has 0 fully saturated rings. The molecule has 33 heavy (non-hydrogen) atoms. The van der Waals surface area contributed by atoms with Crippen LogP contribution in [0.25, 0.3) is 0 Å². The Morgan fingerprint density at radius 2 is 1.79 bits per heavy atom. The van der Waals surface area contributed by atoms with E-state index in [0.717, 1.165) is 27.5 Å². The summed E-state index contributed by atoms with van der Waals surface area (Å²) in [7, 11) is 1.62. The van der Waals surface area contributed by atoms with Crippen LogP contribution >= 0.6 is 23.4 Å². The third-order valence-corrected chi connectivity index (χ3v) is 7.53. The Labute approximate surface area is 203 Å². The highest BCUT2D eigenvalue weighted by atomic mass is 35.5. The van der Waals surface area contributed by atoms with Crippen molar-refractivity contribution in [3.05, 3.63) is 88.9 Å². The molecule has 0 unspecified atom stereocenters. The second kappa shape index (κ2) is 10.3. The molecule has 1 aliphatic heterocycles. The number of ether oxygens (including phenoxy) is 1. The molecule has 1 aliphatic rings. The third kappa shape index (κ3) is 5.18. The Morgan fingerprint density at radius 3 is 2.52 bits per heavy atom. The number of thioether (sulfide) groups is 1. The molecule has 2 atom stereocenters. The molecule has 0 aliphatic carbocycles. The lowest BCUT2D eigenvalue weighted by atomic mass is 10.0. The fourth-order valence-electron chi connectivity index (χ4n) is 3.75. The summed E-state index contributed by atoms with van der Waals surface area (Å²) >= 11 is 7.82. The third-order valence-electron chi connectivity index (χ3n) is 5.70. The number of methoxy groups -OCH3 is 1. The van der Waals surface area contributed by atoms with Gasteiger partial charge in [0, 0.05) is 16.5 Å². The zero-order valence-electron chi connectivity index (χ0n) is 18.5. The van der Waals surface area contributed by atoms with E-state index < -0.39 is 11.2 Å². The summed E-state index contributed by atoms with van der Waals surface area (Å²) in [4.78, 5) is 29.3. The number of carbonyl (C=O) groups excluding carboxylic acids is 2. The smallest absolute Gasteiger partial charge is 0.241 e. The van der Waals surface area contributed by atoms with Crippen molar-refractivity contribution in [3.63, 3.8) is 0 Å². The molecule has 3 aromatic rings. The first-order chi connectivity index (χ1) is 16.0. The summed E-state index contributed by atoms with van der Waals surface area (Å²) in [5.74, 6) is 0.00207. The molecule has 4 rings (SSSR count). The topological polar surface area (TPSA) is 58.6 Å². The summed E-state index contributed by atoms with van der Waals surface area (Å²) in [6.45, 7) is 2.55. The van der Waals surface area contributed by atoms with Crippen LogP contribution in [0, 0.1) is 5.92 Å². The number of hydrogen-bond acceptors (Lipinski definition) is 4. The Balaban J connectivity index is 1.51. The summed E-state index contributed by atoms with van der Waals surface area (Å²) < 4.78 is 5.17. The van der Waals surface area contributed by atoms with E-state index in [0.29, 0.717) is 18.1 Å². The van der Waals surface area contributed by atoms with Crippen LogP contribution in [-0.4, -0.2) is 24.2 Å². The summed E-state index contributed by atoms with van der Waals surface area (Å²) in [5, 5.41) is 3.05. The summed E-state index contributed by atoms with van der Waals surface area (Å²) in [6, 6.07) is 22.8. The summed E-state index contributed by atoms with van der Waals surface area (Å²) in [5.41, 5.74) is 2.67. The molecule has 0 bridgehead atoms. The van der Waals surface area contributed by atoms with Crippen LogP contribution in [0.1, 0.15) is 18.1 Å². The van der Waals surface area contributed by atoms with Gasteiger partial charge in [0.15, 0.2) is 0 Å². The van der Waals surface area contributed by atoms with E-state index in [1.807, 2.05) is 72.8 Å². The van der Waals surface area contributed by atoms with Crippen LogP contribution in [0.2, 0.25) is 5.02 Å². The zero-order valence-corrected chi connectivity index (χ0v) is 20.0. The highest BCUT2D eigenvalue weighted by molar-refractivity contribution is 8.01. The minimum Gasteiger partial charge on any atom is -0.497 e. The number of nitrogens with one attached hydrogen (secondary N) is 1. The van der Waals surface area contributed by atoms with E-state index in [-0.39, 0.29) is 11.8 Å². The molecule has 3 aromatic carbocycles. The minimum atomic E-state index is -0.529. The van der Waals surface area contributed by atoms with Crippen LogP contribution in [0.5, 0.6) is 5.75 Å². The molecule has 5 nitrogen and oxygen atoms in total. The van der Waals surface area contributed by atoms with Crippen LogP contribution in [0.3, 0.4) is 0 Å². The van der Waals surface area contributed by atoms with Gasteiger partial charge >= 0.3 is 0 Å². The predicted octanol–water partition coefficient (Wildman–Crippen LogP) is 5.31. The van der Waals surface area contributed by atoms with Crippen LogP contribution in [-0.2, 0) is 22.7 Å². The molecule has 0 radical (unpaired) electrons. The number of halogens is 1. The number of nitrogens with zero attached hydrogens (tertiary/aromatic N) is 1.